The molecule has 0 aliphatic carbocycles. The number of rotatable bonds is 5. The van der Waals surface area contributed by atoms with Crippen LogP contribution in [0.15, 0.2) is 79.8 Å². The predicted molar refractivity (Wildman–Crippen MR) is 149 cm³/mol. The van der Waals surface area contributed by atoms with Crippen LogP contribution in [0.2, 0.25) is 0 Å². The molecule has 8 nitrogen and oxygen atoms in total. The minimum atomic E-state index is -0.246. The molecule has 188 valence electrons. The Kier molecular flexibility index (Phi) is 5.84. The van der Waals surface area contributed by atoms with E-state index in [4.69, 9.17) is 4.74 Å². The molecule has 0 unspecified atom stereocenters. The lowest BCUT2D eigenvalue weighted by molar-refractivity contribution is -0.111. The average Bonchev–Trinajstić information content (AvgIpc) is 3.21. The molecule has 0 saturated heterocycles. The molecule has 4 heterocycles. The van der Waals surface area contributed by atoms with Crippen molar-refractivity contribution in [1.82, 2.24) is 19.5 Å². The molecule has 1 amide bonds. The zero-order valence-corrected chi connectivity index (χ0v) is 21.2. The number of fused-ring (bicyclic) bond motifs is 2. The SMILES string of the molecule is C=CC(=O)Nc1ccc(-c2c3c4c(ncnc4n2C)NCCc2cc(Oc4cc(C)ccn4)ccc2-3)cc1. The number of carbonyl (C=O) groups is 1. The first-order chi connectivity index (χ1) is 18.5. The number of hydrogen-bond donors (Lipinski definition) is 2. The zero-order valence-electron chi connectivity index (χ0n) is 21.2. The summed E-state index contributed by atoms with van der Waals surface area (Å²) < 4.78 is 8.21. The largest absolute Gasteiger partial charge is 0.439 e. The molecular formula is C30H26N6O2. The Labute approximate surface area is 220 Å². The van der Waals surface area contributed by atoms with Gasteiger partial charge in [0.15, 0.2) is 0 Å². The maximum Gasteiger partial charge on any atom is 0.247 e. The fourth-order valence-electron chi connectivity index (χ4n) is 4.98. The normalized spacial score (nSPS) is 12.2. The molecule has 8 heteroatoms. The van der Waals surface area contributed by atoms with Gasteiger partial charge in [-0.3, -0.25) is 4.79 Å². The molecular weight excluding hydrogens is 476 g/mol. The molecule has 1 aliphatic rings. The summed E-state index contributed by atoms with van der Waals surface area (Å²) in [6.45, 7) is 6.26. The Morgan fingerprint density at radius 3 is 2.74 bits per heavy atom. The third kappa shape index (κ3) is 4.16. The van der Waals surface area contributed by atoms with Crippen LogP contribution in [0.5, 0.6) is 11.6 Å². The van der Waals surface area contributed by atoms with E-state index in [1.54, 1.807) is 12.5 Å². The molecule has 0 spiro atoms. The fraction of sp³-hybridized carbons (Fsp3) is 0.133. The molecule has 38 heavy (non-hydrogen) atoms. The third-order valence-corrected chi connectivity index (χ3v) is 6.72. The number of amides is 1. The van der Waals surface area contributed by atoms with Gasteiger partial charge in [-0.2, -0.15) is 0 Å². The van der Waals surface area contributed by atoms with Gasteiger partial charge in [0.1, 0.15) is 23.5 Å². The summed E-state index contributed by atoms with van der Waals surface area (Å²) in [6.07, 6.45) is 5.39. The number of aromatic nitrogens is 4. The van der Waals surface area contributed by atoms with Crippen LogP contribution in [0.4, 0.5) is 11.5 Å². The van der Waals surface area contributed by atoms with E-state index in [9.17, 15) is 4.79 Å². The lowest BCUT2D eigenvalue weighted by Gasteiger charge is -2.18. The Balaban J connectivity index is 1.50. The van der Waals surface area contributed by atoms with E-state index in [1.807, 2.05) is 56.4 Å². The van der Waals surface area contributed by atoms with Crippen molar-refractivity contribution < 1.29 is 9.53 Å². The predicted octanol–water partition coefficient (Wildman–Crippen LogP) is 5.89. The molecule has 3 aromatic heterocycles. The number of aryl methyl sites for hydroxylation is 2. The molecule has 2 N–H and O–H groups in total. The highest BCUT2D eigenvalue weighted by molar-refractivity contribution is 6.09. The zero-order chi connectivity index (χ0) is 26.2. The molecule has 1 aliphatic heterocycles. The van der Waals surface area contributed by atoms with Crippen molar-refractivity contribution in [3.05, 3.63) is 90.9 Å². The summed E-state index contributed by atoms with van der Waals surface area (Å²) in [4.78, 5) is 25.3. The second kappa shape index (κ2) is 9.48. The quantitative estimate of drug-likeness (QED) is 0.291. The maximum absolute atomic E-state index is 11.8. The summed E-state index contributed by atoms with van der Waals surface area (Å²) in [7, 11) is 2.02. The van der Waals surface area contributed by atoms with E-state index in [2.05, 4.69) is 48.9 Å². The third-order valence-electron chi connectivity index (χ3n) is 6.72. The van der Waals surface area contributed by atoms with Gasteiger partial charge in [-0.15, -0.1) is 0 Å². The molecule has 0 radical (unpaired) electrons. The van der Waals surface area contributed by atoms with Crippen LogP contribution in [-0.4, -0.2) is 32.0 Å². The summed E-state index contributed by atoms with van der Waals surface area (Å²) in [5.74, 6) is 1.88. The number of ether oxygens (including phenoxy) is 1. The molecule has 2 aromatic carbocycles. The van der Waals surface area contributed by atoms with E-state index in [-0.39, 0.29) is 5.91 Å². The first kappa shape index (κ1) is 23.4. The summed E-state index contributed by atoms with van der Waals surface area (Å²) >= 11 is 0. The Morgan fingerprint density at radius 2 is 1.95 bits per heavy atom. The lowest BCUT2D eigenvalue weighted by atomic mass is 9.92. The van der Waals surface area contributed by atoms with Crippen molar-refractivity contribution in [3.63, 3.8) is 0 Å². The molecule has 5 aromatic rings. The van der Waals surface area contributed by atoms with Gasteiger partial charge in [0, 0.05) is 37.1 Å². The minimum Gasteiger partial charge on any atom is -0.439 e. The van der Waals surface area contributed by atoms with E-state index in [1.165, 1.54) is 6.08 Å². The van der Waals surface area contributed by atoms with Gasteiger partial charge in [0.25, 0.3) is 0 Å². The highest BCUT2D eigenvalue weighted by atomic mass is 16.5. The van der Waals surface area contributed by atoms with Crippen molar-refractivity contribution in [3.8, 4) is 34.0 Å². The Hall–Kier alpha value is -4.98. The van der Waals surface area contributed by atoms with E-state index in [0.29, 0.717) is 11.6 Å². The highest BCUT2D eigenvalue weighted by Gasteiger charge is 2.25. The first-order valence-electron chi connectivity index (χ1n) is 12.4. The molecule has 0 atom stereocenters. The maximum atomic E-state index is 11.8. The number of pyridine rings is 1. The lowest BCUT2D eigenvalue weighted by Crippen LogP contribution is -2.10. The summed E-state index contributed by atoms with van der Waals surface area (Å²) in [5, 5.41) is 7.29. The second-order valence-corrected chi connectivity index (χ2v) is 9.24. The van der Waals surface area contributed by atoms with Crippen LogP contribution in [0.25, 0.3) is 33.4 Å². The fourth-order valence-corrected chi connectivity index (χ4v) is 4.98. The minimum absolute atomic E-state index is 0.246. The van der Waals surface area contributed by atoms with Gasteiger partial charge in [0.2, 0.25) is 11.8 Å². The molecule has 0 saturated carbocycles. The van der Waals surface area contributed by atoms with Gasteiger partial charge in [-0.05, 0) is 72.0 Å². The smallest absolute Gasteiger partial charge is 0.247 e. The van der Waals surface area contributed by atoms with Crippen LogP contribution in [0.3, 0.4) is 0 Å². The number of benzene rings is 2. The monoisotopic (exact) mass is 502 g/mol. The van der Waals surface area contributed by atoms with Crippen LogP contribution >= 0.6 is 0 Å². The first-order valence-corrected chi connectivity index (χ1v) is 12.4. The van der Waals surface area contributed by atoms with E-state index in [0.717, 1.165) is 69.1 Å². The van der Waals surface area contributed by atoms with E-state index >= 15 is 0 Å². The van der Waals surface area contributed by atoms with Gasteiger partial charge >= 0.3 is 0 Å². The second-order valence-electron chi connectivity index (χ2n) is 9.24. The number of nitrogens with one attached hydrogen (secondary N) is 2. The number of hydrogen-bond acceptors (Lipinski definition) is 6. The van der Waals surface area contributed by atoms with Crippen LogP contribution < -0.4 is 15.4 Å². The highest BCUT2D eigenvalue weighted by Crippen LogP contribution is 2.45. The van der Waals surface area contributed by atoms with Gasteiger partial charge in [0.05, 0.1) is 11.1 Å². The molecule has 6 rings (SSSR count). The van der Waals surface area contributed by atoms with Crippen LogP contribution in [0, 0.1) is 6.92 Å². The van der Waals surface area contributed by atoms with Crippen molar-refractivity contribution in [2.45, 2.75) is 13.3 Å². The standard InChI is InChI=1S/C30H26N6O2/c1-4-24(37)35-21-7-5-19(6-8-21)28-26-23-10-9-22(38-25-15-18(2)11-13-31-25)16-20(23)12-14-32-29-27(26)30(36(28)3)34-17-33-29/h4-11,13,15-17H,1,12,14H2,2-3H3,(H,35,37)(H,32,33,34). The number of carbonyl (C=O) groups excluding carboxylic acids is 1. The Bertz CT molecular complexity index is 1700. The number of nitrogens with zero attached hydrogens (tertiary/aromatic N) is 4. The van der Waals surface area contributed by atoms with Gasteiger partial charge in [-0.1, -0.05) is 24.8 Å². The van der Waals surface area contributed by atoms with Crippen molar-refractivity contribution in [2.24, 2.45) is 7.05 Å². The topological polar surface area (TPSA) is 94.0 Å². The Morgan fingerprint density at radius 1 is 1.11 bits per heavy atom. The van der Waals surface area contributed by atoms with Crippen molar-refractivity contribution in [1.29, 1.82) is 0 Å². The average molecular weight is 503 g/mol. The molecule has 0 fully saturated rings. The van der Waals surface area contributed by atoms with Crippen molar-refractivity contribution >= 4 is 28.4 Å². The van der Waals surface area contributed by atoms with Crippen LogP contribution in [-0.2, 0) is 18.3 Å². The van der Waals surface area contributed by atoms with Crippen molar-refractivity contribution in [2.75, 3.05) is 17.2 Å². The summed E-state index contributed by atoms with van der Waals surface area (Å²) in [6, 6.07) is 17.8. The van der Waals surface area contributed by atoms with Gasteiger partial charge in [-0.25, -0.2) is 15.0 Å². The number of anilines is 2. The van der Waals surface area contributed by atoms with Crippen LogP contribution in [0.1, 0.15) is 11.1 Å². The van der Waals surface area contributed by atoms with E-state index < -0.39 is 0 Å². The van der Waals surface area contributed by atoms with Gasteiger partial charge < -0.3 is 19.9 Å². The summed E-state index contributed by atoms with van der Waals surface area (Å²) in [5.41, 5.74) is 7.97. The molecule has 0 bridgehead atoms.